The zero-order chi connectivity index (χ0) is 26.5. The second-order valence-corrected chi connectivity index (χ2v) is 10.1. The van der Waals surface area contributed by atoms with Crippen LogP contribution in [0.25, 0.3) is 0 Å². The van der Waals surface area contributed by atoms with Crippen molar-refractivity contribution in [1.82, 2.24) is 0 Å². The Labute approximate surface area is 216 Å². The van der Waals surface area contributed by atoms with Gasteiger partial charge < -0.3 is 19.3 Å². The number of benzene rings is 1. The van der Waals surface area contributed by atoms with Crippen LogP contribution in [0.5, 0.6) is 5.75 Å². The Hall–Kier alpha value is -2.60. The highest BCUT2D eigenvalue weighted by molar-refractivity contribution is 5.88. The van der Waals surface area contributed by atoms with Crippen LogP contribution in [0.4, 0.5) is 0 Å². The van der Waals surface area contributed by atoms with Crippen molar-refractivity contribution < 1.29 is 28.9 Å². The van der Waals surface area contributed by atoms with Crippen LogP contribution in [0.15, 0.2) is 48.6 Å². The molecule has 2 rings (SSSR count). The van der Waals surface area contributed by atoms with Crippen LogP contribution in [-0.2, 0) is 19.1 Å². The van der Waals surface area contributed by atoms with Gasteiger partial charge in [0.05, 0.1) is 24.2 Å². The van der Waals surface area contributed by atoms with Crippen molar-refractivity contribution in [2.45, 2.75) is 84.2 Å². The van der Waals surface area contributed by atoms with Gasteiger partial charge in [-0.3, -0.25) is 0 Å². The summed E-state index contributed by atoms with van der Waals surface area (Å²) in [5.41, 5.74) is 1.62. The molecule has 0 amide bonds. The number of carbonyl (C=O) groups is 2. The molecule has 1 aliphatic carbocycles. The third-order valence-electron chi connectivity index (χ3n) is 6.92. The molecule has 2 unspecified atom stereocenters. The molecule has 1 aliphatic rings. The second-order valence-electron chi connectivity index (χ2n) is 10.1. The largest absolute Gasteiger partial charge is 0.493 e. The van der Waals surface area contributed by atoms with Crippen molar-refractivity contribution >= 4 is 11.9 Å². The average Bonchev–Trinajstić information content (AvgIpc) is 2.88. The Morgan fingerprint density at radius 2 is 1.58 bits per heavy atom. The van der Waals surface area contributed by atoms with Crippen LogP contribution in [0.2, 0.25) is 0 Å². The Morgan fingerprint density at radius 3 is 2.14 bits per heavy atom. The Morgan fingerprint density at radius 1 is 0.972 bits per heavy atom. The normalized spacial score (nSPS) is 19.1. The van der Waals surface area contributed by atoms with Crippen LogP contribution in [0, 0.1) is 11.8 Å². The van der Waals surface area contributed by atoms with Gasteiger partial charge in [-0.1, -0.05) is 57.9 Å². The summed E-state index contributed by atoms with van der Waals surface area (Å²) < 4.78 is 16.4. The number of ether oxygens (including phenoxy) is 3. The molecule has 0 heterocycles. The molecule has 36 heavy (non-hydrogen) atoms. The summed E-state index contributed by atoms with van der Waals surface area (Å²) in [6, 6.07) is 8.22. The van der Waals surface area contributed by atoms with Crippen LogP contribution in [-0.4, -0.2) is 43.0 Å². The first-order valence-corrected chi connectivity index (χ1v) is 13.3. The van der Waals surface area contributed by atoms with E-state index >= 15 is 0 Å². The first-order valence-electron chi connectivity index (χ1n) is 13.3. The quantitative estimate of drug-likeness (QED) is 0.177. The second kappa shape index (κ2) is 15.5. The monoisotopic (exact) mass is 500 g/mol. The van der Waals surface area contributed by atoms with Gasteiger partial charge in [0.2, 0.25) is 0 Å². The van der Waals surface area contributed by atoms with E-state index in [1.165, 1.54) is 63.9 Å². The van der Waals surface area contributed by atoms with Gasteiger partial charge in [0, 0.05) is 5.57 Å². The number of aliphatic hydroxyl groups is 1. The molecule has 1 fully saturated rings. The van der Waals surface area contributed by atoms with Crippen molar-refractivity contribution in [1.29, 1.82) is 0 Å². The fraction of sp³-hybridized carbons (Fsp3) is 0.600. The zero-order valence-electron chi connectivity index (χ0n) is 22.3. The maximum atomic E-state index is 12.0. The number of carbonyl (C=O) groups excluding carboxylic acids is 2. The average molecular weight is 501 g/mol. The van der Waals surface area contributed by atoms with Gasteiger partial charge >= 0.3 is 11.9 Å². The molecule has 0 spiro atoms. The molecule has 1 aromatic carbocycles. The standard InChI is InChI=1S/C30H44O6/c1-6-7-8-9-24-10-12-26(13-11-24)27-14-16-28(17-15-27)34-18-25(19-35-29(32)21(2)3)20-36-30(33)22(4)23(5)31/h14-17,23-26,31H,2,4,6-13,18-20H2,1,3,5H3. The maximum absolute atomic E-state index is 12.0. The van der Waals surface area contributed by atoms with Gasteiger partial charge in [-0.15, -0.1) is 0 Å². The number of esters is 2. The third kappa shape index (κ3) is 10.2. The molecule has 0 saturated heterocycles. The van der Waals surface area contributed by atoms with E-state index in [0.717, 1.165) is 5.92 Å². The van der Waals surface area contributed by atoms with E-state index in [-0.39, 0.29) is 31.3 Å². The highest BCUT2D eigenvalue weighted by atomic mass is 16.6. The van der Waals surface area contributed by atoms with Crippen LogP contribution < -0.4 is 4.74 Å². The Bertz CT molecular complexity index is 849. The van der Waals surface area contributed by atoms with Crippen molar-refractivity contribution in [2.75, 3.05) is 19.8 Å². The van der Waals surface area contributed by atoms with Gasteiger partial charge in [0.1, 0.15) is 19.0 Å². The van der Waals surface area contributed by atoms with Crippen LogP contribution in [0.3, 0.4) is 0 Å². The summed E-state index contributed by atoms with van der Waals surface area (Å²) in [6.45, 7) is 12.6. The predicted molar refractivity (Wildman–Crippen MR) is 142 cm³/mol. The molecular formula is C30H44O6. The lowest BCUT2D eigenvalue weighted by Gasteiger charge is -2.29. The molecule has 0 radical (unpaired) electrons. The lowest BCUT2D eigenvalue weighted by molar-refractivity contribution is -0.145. The Kier molecular flexibility index (Phi) is 12.8. The van der Waals surface area contributed by atoms with Crippen molar-refractivity contribution in [2.24, 2.45) is 11.8 Å². The minimum absolute atomic E-state index is 0.0136. The molecule has 1 aromatic rings. The number of aliphatic hydroxyl groups excluding tert-OH is 1. The van der Waals surface area contributed by atoms with Gasteiger partial charge in [0.25, 0.3) is 0 Å². The molecule has 0 bridgehead atoms. The van der Waals surface area contributed by atoms with Gasteiger partial charge in [-0.25, -0.2) is 9.59 Å². The first-order chi connectivity index (χ1) is 17.2. The van der Waals surface area contributed by atoms with E-state index in [9.17, 15) is 14.7 Å². The molecular weight excluding hydrogens is 456 g/mol. The molecule has 0 aromatic heterocycles. The van der Waals surface area contributed by atoms with E-state index in [2.05, 4.69) is 32.2 Å². The van der Waals surface area contributed by atoms with E-state index in [1.54, 1.807) is 6.92 Å². The first kappa shape index (κ1) is 29.6. The summed E-state index contributed by atoms with van der Waals surface area (Å²) in [5.74, 6) is 0.620. The minimum Gasteiger partial charge on any atom is -0.493 e. The summed E-state index contributed by atoms with van der Waals surface area (Å²) in [7, 11) is 0. The highest BCUT2D eigenvalue weighted by Gasteiger charge is 2.23. The molecule has 6 heteroatoms. The Balaban J connectivity index is 1.87. The molecule has 0 aliphatic heterocycles. The smallest absolute Gasteiger partial charge is 0.336 e. The topological polar surface area (TPSA) is 82.1 Å². The van der Waals surface area contributed by atoms with E-state index < -0.39 is 18.0 Å². The minimum atomic E-state index is -0.997. The van der Waals surface area contributed by atoms with Gasteiger partial charge in [-0.2, -0.15) is 0 Å². The molecule has 1 saturated carbocycles. The third-order valence-corrected chi connectivity index (χ3v) is 6.92. The predicted octanol–water partition coefficient (Wildman–Crippen LogP) is 6.14. The van der Waals surface area contributed by atoms with E-state index in [1.807, 2.05) is 12.1 Å². The van der Waals surface area contributed by atoms with E-state index in [4.69, 9.17) is 14.2 Å². The van der Waals surface area contributed by atoms with Crippen molar-refractivity contribution in [3.8, 4) is 5.75 Å². The maximum Gasteiger partial charge on any atom is 0.336 e. The van der Waals surface area contributed by atoms with Crippen LogP contribution in [0.1, 0.15) is 83.6 Å². The molecule has 6 nitrogen and oxygen atoms in total. The fourth-order valence-electron chi connectivity index (χ4n) is 4.44. The summed E-state index contributed by atoms with van der Waals surface area (Å²) >= 11 is 0. The number of hydrogen-bond donors (Lipinski definition) is 1. The number of unbranched alkanes of at least 4 members (excludes halogenated alkanes) is 2. The van der Waals surface area contributed by atoms with Crippen molar-refractivity contribution in [3.63, 3.8) is 0 Å². The van der Waals surface area contributed by atoms with Crippen molar-refractivity contribution in [3.05, 3.63) is 54.1 Å². The summed E-state index contributed by atoms with van der Waals surface area (Å²) in [6.07, 6.45) is 9.49. The number of rotatable bonds is 15. The van der Waals surface area contributed by atoms with Gasteiger partial charge in [0.15, 0.2) is 0 Å². The molecule has 200 valence electrons. The zero-order valence-corrected chi connectivity index (χ0v) is 22.3. The highest BCUT2D eigenvalue weighted by Crippen LogP contribution is 2.38. The lowest BCUT2D eigenvalue weighted by atomic mass is 9.77. The summed E-state index contributed by atoms with van der Waals surface area (Å²) in [4.78, 5) is 23.9. The van der Waals surface area contributed by atoms with E-state index in [0.29, 0.717) is 17.2 Å². The van der Waals surface area contributed by atoms with Gasteiger partial charge in [-0.05, 0) is 69.1 Å². The van der Waals surface area contributed by atoms with Crippen LogP contribution >= 0.6 is 0 Å². The molecule has 2 atom stereocenters. The lowest BCUT2D eigenvalue weighted by Crippen LogP contribution is -2.27. The number of hydrogen-bond acceptors (Lipinski definition) is 6. The summed E-state index contributed by atoms with van der Waals surface area (Å²) in [5, 5.41) is 9.51. The SMILES string of the molecule is C=C(C)C(=O)OCC(COC(=O)C(=C)C(C)O)COc1ccc(C2CCC(CCCCC)CC2)cc1. The fourth-order valence-corrected chi connectivity index (χ4v) is 4.44. The molecule has 1 N–H and O–H groups in total.